The molecule has 0 saturated carbocycles. The molecule has 0 bridgehead atoms. The number of carbonyl (C=O) groups excluding carboxylic acids is 3. The molecular weight excluding hydrogens is 490 g/mol. The zero-order chi connectivity index (χ0) is 19.9. The van der Waals surface area contributed by atoms with Crippen molar-refractivity contribution in [3.8, 4) is 0 Å². The summed E-state index contributed by atoms with van der Waals surface area (Å²) in [6.07, 6.45) is 1.70. The highest BCUT2D eigenvalue weighted by molar-refractivity contribution is 9.11. The smallest absolute Gasteiger partial charge is 0.323 e. The van der Waals surface area contributed by atoms with Gasteiger partial charge in [-0.3, -0.25) is 14.5 Å². The van der Waals surface area contributed by atoms with Gasteiger partial charge in [0.1, 0.15) is 12.1 Å². The lowest BCUT2D eigenvalue weighted by Gasteiger charge is -2.32. The van der Waals surface area contributed by atoms with Crippen LogP contribution in [0, 0.1) is 0 Å². The highest BCUT2D eigenvalue weighted by Gasteiger charge is 2.52. The predicted octanol–water partition coefficient (Wildman–Crippen LogP) is 3.63. The Morgan fingerprint density at radius 2 is 1.89 bits per heavy atom. The molecule has 0 radical (unpaired) electrons. The van der Waals surface area contributed by atoms with Gasteiger partial charge in [0, 0.05) is 15.4 Å². The number of hydrogen-bond donors (Lipinski definition) is 2. The van der Waals surface area contributed by atoms with Crippen molar-refractivity contribution in [2.45, 2.75) is 24.8 Å². The van der Waals surface area contributed by atoms with E-state index in [4.69, 9.17) is 0 Å². The van der Waals surface area contributed by atoms with E-state index in [1.807, 2.05) is 24.3 Å². The average molecular weight is 507 g/mol. The summed E-state index contributed by atoms with van der Waals surface area (Å²) < 4.78 is 1.57. The number of benzene rings is 2. The molecule has 6 nitrogen and oxygen atoms in total. The second-order valence-electron chi connectivity index (χ2n) is 7.02. The zero-order valence-corrected chi connectivity index (χ0v) is 18.0. The van der Waals surface area contributed by atoms with Crippen LogP contribution in [-0.2, 0) is 22.4 Å². The van der Waals surface area contributed by atoms with Crippen LogP contribution in [0.15, 0.2) is 51.4 Å². The molecule has 144 valence electrons. The Labute approximate surface area is 178 Å². The lowest BCUT2D eigenvalue weighted by atomic mass is 9.78. The van der Waals surface area contributed by atoms with Crippen molar-refractivity contribution in [3.05, 3.63) is 62.5 Å². The number of aryl methyl sites for hydroxylation is 1. The van der Waals surface area contributed by atoms with Crippen LogP contribution in [0.2, 0.25) is 0 Å². The minimum Gasteiger partial charge on any atom is -0.323 e. The van der Waals surface area contributed by atoms with E-state index in [1.165, 1.54) is 5.56 Å². The monoisotopic (exact) mass is 505 g/mol. The SMILES string of the molecule is O=C(CN1C(=O)N[C@]2(CCc3ccccc3C2)C1=O)Nc1ccc(Br)cc1Br. The summed E-state index contributed by atoms with van der Waals surface area (Å²) in [5.74, 6) is -0.767. The van der Waals surface area contributed by atoms with Gasteiger partial charge < -0.3 is 10.6 Å². The van der Waals surface area contributed by atoms with E-state index in [2.05, 4.69) is 42.5 Å². The minimum atomic E-state index is -0.954. The molecule has 8 heteroatoms. The van der Waals surface area contributed by atoms with Crippen molar-refractivity contribution in [1.82, 2.24) is 10.2 Å². The molecule has 0 aromatic heterocycles. The van der Waals surface area contributed by atoms with Crippen LogP contribution in [-0.4, -0.2) is 34.8 Å². The molecule has 1 spiro atoms. The quantitative estimate of drug-likeness (QED) is 0.624. The van der Waals surface area contributed by atoms with E-state index in [0.29, 0.717) is 29.4 Å². The van der Waals surface area contributed by atoms with Gasteiger partial charge in [0.05, 0.1) is 5.69 Å². The van der Waals surface area contributed by atoms with E-state index in [1.54, 1.807) is 18.2 Å². The normalized spacial score (nSPS) is 20.9. The number of nitrogens with one attached hydrogen (secondary N) is 2. The van der Waals surface area contributed by atoms with Crippen molar-refractivity contribution in [1.29, 1.82) is 0 Å². The van der Waals surface area contributed by atoms with Gasteiger partial charge in [-0.05, 0) is 58.1 Å². The van der Waals surface area contributed by atoms with E-state index >= 15 is 0 Å². The third-order valence-corrected chi connectivity index (χ3v) is 6.33. The molecule has 28 heavy (non-hydrogen) atoms. The summed E-state index contributed by atoms with van der Waals surface area (Å²) >= 11 is 6.73. The van der Waals surface area contributed by atoms with E-state index in [9.17, 15) is 14.4 Å². The maximum absolute atomic E-state index is 13.0. The van der Waals surface area contributed by atoms with Crippen LogP contribution in [0.5, 0.6) is 0 Å². The fourth-order valence-electron chi connectivity index (χ4n) is 3.77. The average Bonchev–Trinajstić information content (AvgIpc) is 2.88. The molecule has 2 N–H and O–H groups in total. The number of carbonyl (C=O) groups is 3. The Hall–Kier alpha value is -2.19. The summed E-state index contributed by atoms with van der Waals surface area (Å²) in [4.78, 5) is 39.0. The number of amides is 4. The molecule has 1 aliphatic heterocycles. The third kappa shape index (κ3) is 3.46. The Morgan fingerprint density at radius 1 is 1.14 bits per heavy atom. The van der Waals surface area contributed by atoms with Crippen molar-refractivity contribution in [3.63, 3.8) is 0 Å². The van der Waals surface area contributed by atoms with Gasteiger partial charge in [-0.1, -0.05) is 40.2 Å². The van der Waals surface area contributed by atoms with Gasteiger partial charge in [0.2, 0.25) is 5.91 Å². The number of nitrogens with zero attached hydrogens (tertiary/aromatic N) is 1. The molecule has 4 amide bonds. The lowest BCUT2D eigenvalue weighted by molar-refractivity contribution is -0.134. The maximum Gasteiger partial charge on any atom is 0.325 e. The summed E-state index contributed by atoms with van der Waals surface area (Å²) in [5.41, 5.74) is 1.88. The first kappa shape index (κ1) is 19.1. The van der Waals surface area contributed by atoms with Crippen LogP contribution in [0.1, 0.15) is 17.5 Å². The Bertz CT molecular complexity index is 994. The highest BCUT2D eigenvalue weighted by Crippen LogP contribution is 2.33. The fourth-order valence-corrected chi connectivity index (χ4v) is 4.91. The second kappa shape index (κ2) is 7.33. The van der Waals surface area contributed by atoms with Crippen molar-refractivity contribution in [2.75, 3.05) is 11.9 Å². The van der Waals surface area contributed by atoms with Crippen molar-refractivity contribution < 1.29 is 14.4 Å². The molecule has 0 unspecified atom stereocenters. The van der Waals surface area contributed by atoms with E-state index in [0.717, 1.165) is 14.9 Å². The van der Waals surface area contributed by atoms with Crippen molar-refractivity contribution in [2.24, 2.45) is 0 Å². The molecule has 1 aliphatic carbocycles. The third-order valence-electron chi connectivity index (χ3n) is 5.18. The number of fused-ring (bicyclic) bond motifs is 1. The summed E-state index contributed by atoms with van der Waals surface area (Å²) in [6.45, 7) is -0.323. The van der Waals surface area contributed by atoms with Crippen LogP contribution in [0.3, 0.4) is 0 Å². The molecule has 2 aromatic rings. The first-order valence-electron chi connectivity index (χ1n) is 8.84. The summed E-state index contributed by atoms with van der Waals surface area (Å²) in [6, 6.07) is 12.7. The molecule has 2 aliphatic rings. The number of urea groups is 1. The van der Waals surface area contributed by atoms with E-state index in [-0.39, 0.29) is 12.5 Å². The summed E-state index contributed by atoms with van der Waals surface area (Å²) in [7, 11) is 0. The number of hydrogen-bond acceptors (Lipinski definition) is 3. The fraction of sp³-hybridized carbons (Fsp3) is 0.250. The van der Waals surface area contributed by atoms with Gasteiger partial charge in [-0.2, -0.15) is 0 Å². The first-order chi connectivity index (χ1) is 13.4. The predicted molar refractivity (Wildman–Crippen MR) is 112 cm³/mol. The number of anilines is 1. The first-order valence-corrected chi connectivity index (χ1v) is 10.4. The van der Waals surface area contributed by atoms with Crippen LogP contribution < -0.4 is 10.6 Å². The Morgan fingerprint density at radius 3 is 2.64 bits per heavy atom. The standard InChI is InChI=1S/C20H17Br2N3O3/c21-14-5-6-16(15(22)9-14)23-17(26)11-25-18(27)20(24-19(25)28)8-7-12-3-1-2-4-13(12)10-20/h1-6,9H,7-8,10-11H2,(H,23,26)(H,24,28)/t20-/m0/s1. The van der Waals surface area contributed by atoms with Gasteiger partial charge in [-0.15, -0.1) is 0 Å². The highest BCUT2D eigenvalue weighted by atomic mass is 79.9. The topological polar surface area (TPSA) is 78.5 Å². The molecule has 1 saturated heterocycles. The maximum atomic E-state index is 13.0. The lowest BCUT2D eigenvalue weighted by Crippen LogP contribution is -2.51. The number of rotatable bonds is 3. The number of imide groups is 1. The Kier molecular flexibility index (Phi) is 5.01. The molecule has 1 fully saturated rings. The van der Waals surface area contributed by atoms with Crippen molar-refractivity contribution >= 4 is 55.4 Å². The van der Waals surface area contributed by atoms with E-state index < -0.39 is 17.5 Å². The molecular formula is C20H17Br2N3O3. The van der Waals surface area contributed by atoms with Gasteiger partial charge in [0.15, 0.2) is 0 Å². The molecule has 1 atom stereocenters. The van der Waals surface area contributed by atoms with Crippen LogP contribution in [0.25, 0.3) is 0 Å². The molecule has 2 aromatic carbocycles. The zero-order valence-electron chi connectivity index (χ0n) is 14.8. The van der Waals surface area contributed by atoms with Gasteiger partial charge >= 0.3 is 6.03 Å². The van der Waals surface area contributed by atoms with Gasteiger partial charge in [0.25, 0.3) is 5.91 Å². The number of halogens is 2. The van der Waals surface area contributed by atoms with Gasteiger partial charge in [-0.25, -0.2) is 4.79 Å². The summed E-state index contributed by atoms with van der Waals surface area (Å²) in [5, 5.41) is 5.57. The molecule has 4 rings (SSSR count). The van der Waals surface area contributed by atoms with Crippen LogP contribution in [0.4, 0.5) is 10.5 Å². The Balaban J connectivity index is 1.48. The minimum absolute atomic E-state index is 0.323. The van der Waals surface area contributed by atoms with Crippen LogP contribution >= 0.6 is 31.9 Å². The largest absolute Gasteiger partial charge is 0.325 e. The molecule has 1 heterocycles. The second-order valence-corrected chi connectivity index (χ2v) is 8.79.